The van der Waals surface area contributed by atoms with Crippen LogP contribution in [0.3, 0.4) is 0 Å². The Morgan fingerprint density at radius 3 is 2.93 bits per heavy atom. The molecule has 0 aliphatic carbocycles. The summed E-state index contributed by atoms with van der Waals surface area (Å²) in [6.07, 6.45) is 5.68. The van der Waals surface area contributed by atoms with Crippen LogP contribution >= 0.6 is 11.3 Å². The highest BCUT2D eigenvalue weighted by molar-refractivity contribution is 7.14. The van der Waals surface area contributed by atoms with Gasteiger partial charge in [0, 0.05) is 31.8 Å². The zero-order valence-corrected chi connectivity index (χ0v) is 17.8. The Hall–Kier alpha value is -2.61. The molecular weight excluding hydrogens is 402 g/mol. The van der Waals surface area contributed by atoms with Gasteiger partial charge in [-0.15, -0.1) is 11.3 Å². The molecular formula is C20H25N7O2S. The van der Waals surface area contributed by atoms with Gasteiger partial charge in [-0.1, -0.05) is 0 Å². The lowest BCUT2D eigenvalue weighted by Gasteiger charge is -2.30. The van der Waals surface area contributed by atoms with Gasteiger partial charge in [0.15, 0.2) is 5.13 Å². The number of nitriles is 1. The van der Waals surface area contributed by atoms with Crippen LogP contribution in [-0.2, 0) is 4.74 Å². The summed E-state index contributed by atoms with van der Waals surface area (Å²) in [6.45, 7) is 2.67. The molecule has 4 rings (SSSR count). The van der Waals surface area contributed by atoms with Crippen LogP contribution in [0.25, 0.3) is 0 Å². The van der Waals surface area contributed by atoms with E-state index in [0.29, 0.717) is 36.4 Å². The number of nitrogens with zero attached hydrogens (tertiary/aromatic N) is 6. The number of likely N-dealkylation sites (tertiary alicyclic amines) is 2. The smallest absolute Gasteiger partial charge is 0.273 e. The normalized spacial score (nSPS) is 20.3. The highest BCUT2D eigenvalue weighted by atomic mass is 32.1. The third kappa shape index (κ3) is 4.59. The largest absolute Gasteiger partial charge is 0.381 e. The van der Waals surface area contributed by atoms with Gasteiger partial charge in [0.1, 0.15) is 5.69 Å². The summed E-state index contributed by atoms with van der Waals surface area (Å²) < 4.78 is 5.37. The second-order valence-corrected chi connectivity index (χ2v) is 8.34. The van der Waals surface area contributed by atoms with E-state index >= 15 is 0 Å². The standard InChI is InChI=1S/C20H25N7O2S/c1-29-14-5-10-27(11-6-14)18(28)16-13-30-20(24-16)25-19-22-8-4-15(23-19)17-3-2-9-26(17)12-7-21/h4,8,13-14,17H,2-3,5-6,9-12H2,1H3,(H,22,23,24,25)/t17-/m0/s1. The van der Waals surface area contributed by atoms with E-state index in [1.165, 1.54) is 11.3 Å². The Kier molecular flexibility index (Phi) is 6.52. The molecule has 9 nitrogen and oxygen atoms in total. The van der Waals surface area contributed by atoms with Crippen molar-refractivity contribution in [2.45, 2.75) is 37.8 Å². The van der Waals surface area contributed by atoms with Crippen molar-refractivity contribution < 1.29 is 9.53 Å². The van der Waals surface area contributed by atoms with Gasteiger partial charge in [0.2, 0.25) is 5.95 Å². The van der Waals surface area contributed by atoms with Gasteiger partial charge in [0.25, 0.3) is 5.91 Å². The Morgan fingerprint density at radius 1 is 1.33 bits per heavy atom. The van der Waals surface area contributed by atoms with Gasteiger partial charge in [-0.3, -0.25) is 9.69 Å². The second kappa shape index (κ2) is 9.47. The van der Waals surface area contributed by atoms with Crippen molar-refractivity contribution >= 4 is 28.3 Å². The lowest BCUT2D eigenvalue weighted by Crippen LogP contribution is -2.40. The summed E-state index contributed by atoms with van der Waals surface area (Å²) >= 11 is 1.36. The van der Waals surface area contributed by atoms with Crippen molar-refractivity contribution in [2.75, 3.05) is 38.6 Å². The minimum atomic E-state index is -0.0541. The van der Waals surface area contributed by atoms with Crippen LogP contribution in [0.5, 0.6) is 0 Å². The first-order valence-corrected chi connectivity index (χ1v) is 11.0. The van der Waals surface area contributed by atoms with Gasteiger partial charge < -0.3 is 15.0 Å². The fourth-order valence-electron chi connectivity index (χ4n) is 4.04. The Bertz CT molecular complexity index is 920. The number of rotatable bonds is 6. The number of methoxy groups -OCH3 is 1. The molecule has 2 aliphatic rings. The molecule has 2 aromatic heterocycles. The average molecular weight is 428 g/mol. The molecule has 1 atom stereocenters. The first kappa shape index (κ1) is 20.7. The maximum atomic E-state index is 12.7. The number of anilines is 2. The lowest BCUT2D eigenvalue weighted by molar-refractivity contribution is 0.0348. The van der Waals surface area contributed by atoms with E-state index in [1.54, 1.807) is 18.7 Å². The Balaban J connectivity index is 1.40. The van der Waals surface area contributed by atoms with Crippen LogP contribution in [0.1, 0.15) is 47.9 Å². The van der Waals surface area contributed by atoms with Crippen molar-refractivity contribution in [3.8, 4) is 6.07 Å². The summed E-state index contributed by atoms with van der Waals surface area (Å²) in [6, 6.07) is 4.26. The number of carbonyl (C=O) groups is 1. The molecule has 1 N–H and O–H groups in total. The molecule has 2 fully saturated rings. The lowest BCUT2D eigenvalue weighted by atomic mass is 10.1. The van der Waals surface area contributed by atoms with E-state index in [4.69, 9.17) is 10.00 Å². The minimum absolute atomic E-state index is 0.0541. The average Bonchev–Trinajstić information content (AvgIpc) is 3.43. The molecule has 158 valence electrons. The molecule has 0 spiro atoms. The van der Waals surface area contributed by atoms with Crippen LogP contribution in [-0.4, -0.2) is 70.1 Å². The molecule has 0 bridgehead atoms. The maximum Gasteiger partial charge on any atom is 0.273 e. The summed E-state index contributed by atoms with van der Waals surface area (Å²) in [7, 11) is 1.71. The van der Waals surface area contributed by atoms with Crippen molar-refractivity contribution in [1.82, 2.24) is 24.8 Å². The third-order valence-electron chi connectivity index (χ3n) is 5.66. The zero-order chi connectivity index (χ0) is 20.9. The van der Waals surface area contributed by atoms with Crippen molar-refractivity contribution in [3.63, 3.8) is 0 Å². The summed E-state index contributed by atoms with van der Waals surface area (Å²) in [5.74, 6) is 0.396. The third-order valence-corrected chi connectivity index (χ3v) is 6.42. The molecule has 2 aliphatic heterocycles. The van der Waals surface area contributed by atoms with E-state index in [0.717, 1.165) is 37.9 Å². The Labute approximate surface area is 179 Å². The predicted molar refractivity (Wildman–Crippen MR) is 113 cm³/mol. The van der Waals surface area contributed by atoms with Gasteiger partial charge in [0.05, 0.1) is 30.5 Å². The number of thiazole rings is 1. The number of piperidine rings is 1. The van der Waals surface area contributed by atoms with Crippen LogP contribution in [0.2, 0.25) is 0 Å². The summed E-state index contributed by atoms with van der Waals surface area (Å²) in [5, 5.41) is 14.5. The van der Waals surface area contributed by atoms with E-state index in [1.807, 2.05) is 11.0 Å². The number of hydrogen-bond acceptors (Lipinski definition) is 9. The first-order valence-electron chi connectivity index (χ1n) is 10.2. The molecule has 10 heteroatoms. The van der Waals surface area contributed by atoms with Crippen LogP contribution < -0.4 is 5.32 Å². The van der Waals surface area contributed by atoms with Crippen LogP contribution in [0.4, 0.5) is 11.1 Å². The monoisotopic (exact) mass is 427 g/mol. The van der Waals surface area contributed by atoms with Gasteiger partial charge >= 0.3 is 0 Å². The van der Waals surface area contributed by atoms with E-state index in [-0.39, 0.29) is 18.1 Å². The van der Waals surface area contributed by atoms with Crippen LogP contribution in [0, 0.1) is 11.3 Å². The molecule has 0 unspecified atom stereocenters. The van der Waals surface area contributed by atoms with E-state index < -0.39 is 0 Å². The number of aromatic nitrogens is 3. The SMILES string of the molecule is COC1CCN(C(=O)c2csc(Nc3nccc([C@@H]4CCCN4CC#N)n3)n2)CC1. The molecule has 4 heterocycles. The molecule has 2 aromatic rings. The van der Waals surface area contributed by atoms with Gasteiger partial charge in [-0.05, 0) is 38.3 Å². The molecule has 1 amide bonds. The predicted octanol–water partition coefficient (Wildman–Crippen LogP) is 2.59. The number of nitrogens with one attached hydrogen (secondary N) is 1. The fraction of sp³-hybridized carbons (Fsp3) is 0.550. The Morgan fingerprint density at radius 2 is 2.17 bits per heavy atom. The number of amides is 1. The number of ether oxygens (including phenoxy) is 1. The molecule has 0 saturated carbocycles. The summed E-state index contributed by atoms with van der Waals surface area (Å²) in [4.78, 5) is 30.1. The van der Waals surface area contributed by atoms with Crippen molar-refractivity contribution in [1.29, 1.82) is 5.26 Å². The summed E-state index contributed by atoms with van der Waals surface area (Å²) in [5.41, 5.74) is 1.33. The maximum absolute atomic E-state index is 12.7. The zero-order valence-electron chi connectivity index (χ0n) is 17.0. The second-order valence-electron chi connectivity index (χ2n) is 7.48. The van der Waals surface area contributed by atoms with Gasteiger partial charge in [-0.25, -0.2) is 15.0 Å². The van der Waals surface area contributed by atoms with Crippen LogP contribution in [0.15, 0.2) is 17.6 Å². The van der Waals surface area contributed by atoms with E-state index in [9.17, 15) is 4.79 Å². The molecule has 0 radical (unpaired) electrons. The highest BCUT2D eigenvalue weighted by Gasteiger charge is 2.27. The minimum Gasteiger partial charge on any atom is -0.381 e. The number of hydrogen-bond donors (Lipinski definition) is 1. The quantitative estimate of drug-likeness (QED) is 0.701. The highest BCUT2D eigenvalue weighted by Crippen LogP contribution is 2.31. The molecule has 2 saturated heterocycles. The van der Waals surface area contributed by atoms with Gasteiger partial charge in [-0.2, -0.15) is 5.26 Å². The first-order chi connectivity index (χ1) is 14.7. The molecule has 30 heavy (non-hydrogen) atoms. The van der Waals surface area contributed by atoms with Crippen molar-refractivity contribution in [3.05, 3.63) is 29.0 Å². The van der Waals surface area contributed by atoms with E-state index in [2.05, 4.69) is 31.2 Å². The molecule has 0 aromatic carbocycles. The topological polar surface area (TPSA) is 107 Å². The fourth-order valence-corrected chi connectivity index (χ4v) is 4.72. The van der Waals surface area contributed by atoms with Crippen molar-refractivity contribution in [2.24, 2.45) is 0 Å². The number of carbonyl (C=O) groups excluding carboxylic acids is 1.